The molecule has 0 aromatic heterocycles. The van der Waals surface area contributed by atoms with Crippen molar-refractivity contribution in [3.8, 4) is 46.0 Å². The van der Waals surface area contributed by atoms with E-state index in [2.05, 4.69) is 308 Å². The quantitative estimate of drug-likeness (QED) is 0.114. The molecule has 8 aliphatic carbocycles. The standard InChI is InChI=1S/2C55H44O2Si.2ClH.Zr/c2*1-36-32-50-44(40-28-30-46-38(34-40)16-14-26-52(46)56-42-18-6-4-7-19-42)22-10-12-24-48(50)54(36)58(3)55-37(2)33-51-45(23-11-13-25-49(51)55)41-29-31-47-39(35-41)17-15-27-53(47)57-43-20-8-5-9-21-43;;;/h2*4-35,44-45,58H,1-3H3;2*1H;/q;;;;+2/p-2. The number of halogens is 2. The average molecular weight is 1690 g/mol. The van der Waals surface area contributed by atoms with Gasteiger partial charge in [-0.25, -0.2) is 0 Å². The molecule has 8 atom stereocenters. The van der Waals surface area contributed by atoms with Gasteiger partial charge in [0, 0.05) is 0 Å². The Morgan fingerprint density at radius 3 is 0.723 bits per heavy atom. The van der Waals surface area contributed by atoms with E-state index in [0.29, 0.717) is 0 Å². The number of hydrogen-bond acceptors (Lipinski definition) is 4. The summed E-state index contributed by atoms with van der Waals surface area (Å²) in [6.45, 7) is 15.5. The number of benzene rings is 12. The summed E-state index contributed by atoms with van der Waals surface area (Å²) < 4.78 is 23.4. The molecule has 8 unspecified atom stereocenters. The third-order valence-electron chi connectivity index (χ3n) is 29.9. The zero-order chi connectivity index (χ0) is 80.4. The fourth-order valence-corrected chi connectivity index (χ4v) is 150. The summed E-state index contributed by atoms with van der Waals surface area (Å²) in [5.74, 6) is 5.80. The monoisotopic (exact) mass is 1690 g/mol. The van der Waals surface area contributed by atoms with Crippen LogP contribution in [0.4, 0.5) is 0 Å². The van der Waals surface area contributed by atoms with Crippen LogP contribution < -0.4 is 18.9 Å². The van der Waals surface area contributed by atoms with Gasteiger partial charge in [0.2, 0.25) is 0 Å². The Morgan fingerprint density at radius 1 is 0.269 bits per heavy atom. The van der Waals surface area contributed by atoms with E-state index in [4.69, 9.17) is 18.9 Å². The molecule has 5 spiro atoms. The summed E-state index contributed by atoms with van der Waals surface area (Å²) in [5, 5.41) is 8.68. The molecule has 0 amide bonds. The van der Waals surface area contributed by atoms with E-state index in [1.807, 2.05) is 121 Å². The molecule has 578 valence electrons. The Bertz CT molecular complexity index is 6170. The molecule has 0 N–H and O–H groups in total. The van der Waals surface area contributed by atoms with Crippen LogP contribution in [0.25, 0.3) is 43.1 Å². The van der Waals surface area contributed by atoms with Crippen molar-refractivity contribution in [1.29, 1.82) is 0 Å². The summed E-state index contributed by atoms with van der Waals surface area (Å²) in [5.41, 5.74) is 20.4. The Morgan fingerprint density at radius 2 is 0.496 bits per heavy atom. The number of para-hydroxylation sites is 4. The first-order chi connectivity index (χ1) is 58.1. The van der Waals surface area contributed by atoms with Crippen LogP contribution in [0.1, 0.15) is 73.6 Å². The van der Waals surface area contributed by atoms with Crippen molar-refractivity contribution in [3.05, 3.63) is 478 Å². The van der Waals surface area contributed by atoms with Gasteiger partial charge in [-0.05, 0) is 0 Å². The summed E-state index contributed by atoms with van der Waals surface area (Å²) in [6, 6.07) is 94.5. The number of ether oxygens (including phenoxy) is 4. The number of hydrogen-bond donors (Lipinski definition) is 0. The molecule has 2 heterocycles. The van der Waals surface area contributed by atoms with Crippen LogP contribution in [-0.4, -0.2) is 17.6 Å². The van der Waals surface area contributed by atoms with Crippen LogP contribution in [0.3, 0.4) is 0 Å². The molecule has 0 bridgehead atoms. The zero-order valence-electron chi connectivity index (χ0n) is 67.3. The molecule has 0 radical (unpaired) electrons. The van der Waals surface area contributed by atoms with Crippen molar-refractivity contribution in [2.75, 3.05) is 0 Å². The van der Waals surface area contributed by atoms with E-state index in [1.165, 1.54) is 89.1 Å². The predicted molar refractivity (Wildman–Crippen MR) is 498 cm³/mol. The van der Waals surface area contributed by atoms with Crippen molar-refractivity contribution >= 4 is 77.7 Å². The van der Waals surface area contributed by atoms with Gasteiger partial charge >= 0.3 is 638 Å². The molecule has 2 fully saturated rings. The molecule has 4 nitrogen and oxygen atoms in total. The van der Waals surface area contributed by atoms with Gasteiger partial charge in [0.25, 0.3) is 0 Å². The molecule has 12 aromatic rings. The van der Waals surface area contributed by atoms with E-state index in [1.54, 1.807) is 0 Å². The topological polar surface area (TPSA) is 36.9 Å². The molecule has 10 aliphatic rings. The van der Waals surface area contributed by atoms with Gasteiger partial charge in [0.1, 0.15) is 0 Å². The van der Waals surface area contributed by atoms with Gasteiger partial charge in [-0.1, -0.05) is 72.8 Å². The van der Waals surface area contributed by atoms with E-state index in [-0.39, 0.29) is 23.7 Å². The molecule has 9 heteroatoms. The molecule has 2 saturated heterocycles. The average Bonchev–Trinajstić information content (AvgIpc) is 1.50. The third-order valence-corrected chi connectivity index (χ3v) is 115. The second-order valence-electron chi connectivity index (χ2n) is 34.5. The first kappa shape index (κ1) is 73.9. The van der Waals surface area contributed by atoms with Crippen molar-refractivity contribution in [3.63, 3.8) is 0 Å². The number of fused-ring (bicyclic) bond motifs is 12. The predicted octanol–water partition coefficient (Wildman–Crippen LogP) is 30.5. The van der Waals surface area contributed by atoms with Crippen LogP contribution in [0.15, 0.2) is 455 Å². The van der Waals surface area contributed by atoms with E-state index >= 15 is 0 Å². The van der Waals surface area contributed by atoms with Crippen LogP contribution >= 0.6 is 17.0 Å². The van der Waals surface area contributed by atoms with Crippen LogP contribution in [0, 0.1) is 0 Å². The van der Waals surface area contributed by atoms with Gasteiger partial charge in [-0.2, -0.15) is 0 Å². The van der Waals surface area contributed by atoms with Crippen LogP contribution in [0.5, 0.6) is 46.0 Å². The minimum absolute atomic E-state index is 0.173. The van der Waals surface area contributed by atoms with E-state index < -0.39 is 43.5 Å². The normalized spacial score (nSPS) is 27.1. The van der Waals surface area contributed by atoms with Crippen LogP contribution in [0.2, 0.25) is 24.1 Å². The first-order valence-electron chi connectivity index (χ1n) is 42.0. The van der Waals surface area contributed by atoms with Crippen molar-refractivity contribution < 1.29 is 33.9 Å². The van der Waals surface area contributed by atoms with Gasteiger partial charge in [0.05, 0.1) is 0 Å². The fourth-order valence-electron chi connectivity index (χ4n) is 26.6. The van der Waals surface area contributed by atoms with Gasteiger partial charge in [-0.3, -0.25) is 0 Å². The second-order valence-corrected chi connectivity index (χ2v) is 74.4. The summed E-state index contributed by atoms with van der Waals surface area (Å²) in [4.78, 5) is 0. The molecule has 119 heavy (non-hydrogen) atoms. The van der Waals surface area contributed by atoms with Crippen molar-refractivity contribution in [1.82, 2.24) is 0 Å². The van der Waals surface area contributed by atoms with Gasteiger partial charge in [-0.15, -0.1) is 0 Å². The maximum atomic E-state index is 11.8. The Labute approximate surface area is 704 Å². The summed E-state index contributed by atoms with van der Waals surface area (Å²) in [7, 11) is 18.1. The molecular weight excluding hydrogens is 1600 g/mol. The van der Waals surface area contributed by atoms with E-state index in [9.17, 15) is 17.0 Å². The molecule has 2 aliphatic heterocycles. The number of rotatable bonds is 12. The Hall–Kier alpha value is -11.4. The molecule has 0 saturated carbocycles. The first-order valence-corrected chi connectivity index (χ1v) is 57.9. The SMILES string of the molecule is CC1=CC2=C(C=CC=CC2c2ccc3c(Oc4ccccc4)cccc3c2)[C]12[SiH](C)[C]1(C(C)=CC3=C1C=CC=CC3c1ccc3c(Oc4ccccc4)cccc3c1)[Zr]21([Cl])([Cl])[C]2(C(C)=CC3=C2C=CC=CC3c2ccc3c(Oc4ccccc4)cccc3c2)[SiH](C)[C]12C(C)=CC1=C2C=CC=CC1c1ccc2c(Oc3ccccc3)cccc2c1. The Kier molecular flexibility index (Phi) is 16.8. The van der Waals surface area contributed by atoms with Gasteiger partial charge in [0.15, 0.2) is 0 Å². The second kappa shape index (κ2) is 27.1. The maximum absolute atomic E-state index is 11.8. The molecular formula is C110H88Cl2O4Si2Zr. The zero-order valence-corrected chi connectivity index (χ0v) is 73.6. The minimum atomic E-state index is -7.96. The van der Waals surface area contributed by atoms with Crippen molar-refractivity contribution in [2.45, 2.75) is 75.4 Å². The number of allylic oxidation sites excluding steroid dienone is 32. The fraction of sp³-hybridized carbons (Fsp3) is 0.127. The van der Waals surface area contributed by atoms with Crippen molar-refractivity contribution in [2.24, 2.45) is 0 Å². The van der Waals surface area contributed by atoms with Gasteiger partial charge < -0.3 is 0 Å². The van der Waals surface area contributed by atoms with Crippen LogP contribution in [-0.2, 0) is 14.9 Å². The third kappa shape index (κ3) is 9.38. The molecule has 22 rings (SSSR count). The summed E-state index contributed by atoms with van der Waals surface area (Å²) in [6.07, 6.45) is 49.3. The summed E-state index contributed by atoms with van der Waals surface area (Å²) >= 11 is -7.96. The van der Waals surface area contributed by atoms with E-state index in [0.717, 1.165) is 89.1 Å². The Balaban J connectivity index is 0.826. The molecule has 12 aromatic carbocycles.